The van der Waals surface area contributed by atoms with Gasteiger partial charge in [-0.2, -0.15) is 0 Å². The lowest BCUT2D eigenvalue weighted by atomic mass is 10.0. The second kappa shape index (κ2) is 6.16. The molecule has 0 aliphatic carbocycles. The molecule has 1 atom stereocenters. The minimum Gasteiger partial charge on any atom is -0.480 e. The smallest absolute Gasteiger partial charge is 0.321 e. The number of carbonyl (C=O) groups is 1. The van der Waals surface area contributed by atoms with E-state index in [0.717, 1.165) is 16.7 Å². The summed E-state index contributed by atoms with van der Waals surface area (Å²) in [6.45, 7) is 0. The quantitative estimate of drug-likeness (QED) is 0.863. The van der Waals surface area contributed by atoms with Crippen LogP contribution in [0.5, 0.6) is 0 Å². The average Bonchev–Trinajstić information content (AvgIpc) is 2.46. The van der Waals surface area contributed by atoms with E-state index in [4.69, 9.17) is 5.11 Å². The van der Waals surface area contributed by atoms with Crippen molar-refractivity contribution in [3.8, 4) is 11.1 Å². The summed E-state index contributed by atoms with van der Waals surface area (Å²) >= 11 is 0. The van der Waals surface area contributed by atoms with Gasteiger partial charge in [-0.05, 0) is 30.2 Å². The van der Waals surface area contributed by atoms with Crippen LogP contribution in [0.3, 0.4) is 0 Å². The van der Waals surface area contributed by atoms with E-state index in [0.29, 0.717) is 6.42 Å². The number of aliphatic carboxylic acids is 1. The summed E-state index contributed by atoms with van der Waals surface area (Å²) < 4.78 is 0. The Hall–Kier alpha value is -2.13. The summed E-state index contributed by atoms with van der Waals surface area (Å²) in [5.41, 5.74) is 3.32. The third kappa shape index (κ3) is 3.42. The highest BCUT2D eigenvalue weighted by atomic mass is 16.4. The van der Waals surface area contributed by atoms with Crippen LogP contribution in [-0.2, 0) is 11.2 Å². The molecule has 0 aliphatic heterocycles. The van der Waals surface area contributed by atoms with Crippen LogP contribution in [0.4, 0.5) is 0 Å². The molecule has 2 aromatic carbocycles. The molecule has 0 saturated carbocycles. The first-order valence-corrected chi connectivity index (χ1v) is 6.25. The van der Waals surface area contributed by atoms with Crippen molar-refractivity contribution in [3.63, 3.8) is 0 Å². The minimum absolute atomic E-state index is 0.487. The molecule has 0 aromatic heterocycles. The highest BCUT2D eigenvalue weighted by Gasteiger charge is 2.14. The highest BCUT2D eigenvalue weighted by Crippen LogP contribution is 2.19. The van der Waals surface area contributed by atoms with Gasteiger partial charge in [0.1, 0.15) is 6.04 Å². The highest BCUT2D eigenvalue weighted by molar-refractivity contribution is 5.74. The van der Waals surface area contributed by atoms with Gasteiger partial charge in [0.2, 0.25) is 0 Å². The van der Waals surface area contributed by atoms with Crippen LogP contribution < -0.4 is 5.32 Å². The molecule has 0 fully saturated rings. The molecule has 0 saturated heterocycles. The summed E-state index contributed by atoms with van der Waals surface area (Å²) in [5.74, 6) is -0.824. The fourth-order valence-electron chi connectivity index (χ4n) is 2.01. The van der Waals surface area contributed by atoms with E-state index >= 15 is 0 Å². The number of hydrogen-bond donors (Lipinski definition) is 2. The number of likely N-dealkylation sites (N-methyl/N-ethyl adjacent to an activating group) is 1. The number of rotatable bonds is 5. The summed E-state index contributed by atoms with van der Waals surface area (Å²) in [4.78, 5) is 11.0. The van der Waals surface area contributed by atoms with E-state index < -0.39 is 12.0 Å². The molecule has 2 aromatic rings. The third-order valence-corrected chi connectivity index (χ3v) is 3.15. The van der Waals surface area contributed by atoms with Crippen molar-refractivity contribution >= 4 is 5.97 Å². The zero-order chi connectivity index (χ0) is 13.7. The molecule has 3 heteroatoms. The zero-order valence-electron chi connectivity index (χ0n) is 10.8. The Kier molecular flexibility index (Phi) is 4.31. The molecule has 0 radical (unpaired) electrons. The van der Waals surface area contributed by atoms with E-state index in [9.17, 15) is 4.79 Å². The SMILES string of the molecule is CNC(Cc1ccc(-c2ccccc2)cc1)C(=O)O. The van der Waals surface area contributed by atoms with Crippen LogP contribution in [0.2, 0.25) is 0 Å². The summed E-state index contributed by atoms with van der Waals surface area (Å²) in [5, 5.41) is 11.8. The molecule has 2 N–H and O–H groups in total. The largest absolute Gasteiger partial charge is 0.480 e. The monoisotopic (exact) mass is 255 g/mol. The maximum Gasteiger partial charge on any atom is 0.321 e. The molecule has 3 nitrogen and oxygen atoms in total. The lowest BCUT2D eigenvalue weighted by Crippen LogP contribution is -2.35. The van der Waals surface area contributed by atoms with E-state index in [2.05, 4.69) is 17.4 Å². The number of hydrogen-bond acceptors (Lipinski definition) is 2. The van der Waals surface area contributed by atoms with Crippen LogP contribution in [0.1, 0.15) is 5.56 Å². The third-order valence-electron chi connectivity index (χ3n) is 3.15. The van der Waals surface area contributed by atoms with Crippen molar-refractivity contribution in [3.05, 3.63) is 60.2 Å². The molecule has 98 valence electrons. The van der Waals surface area contributed by atoms with Crippen molar-refractivity contribution < 1.29 is 9.90 Å². The first-order chi connectivity index (χ1) is 9.20. The fraction of sp³-hybridized carbons (Fsp3) is 0.188. The van der Waals surface area contributed by atoms with Crippen molar-refractivity contribution in [1.82, 2.24) is 5.32 Å². The lowest BCUT2D eigenvalue weighted by Gasteiger charge is -2.11. The predicted molar refractivity (Wildman–Crippen MR) is 76.1 cm³/mol. The van der Waals surface area contributed by atoms with Crippen molar-refractivity contribution in [2.45, 2.75) is 12.5 Å². The van der Waals surface area contributed by atoms with Crippen LogP contribution >= 0.6 is 0 Å². The van der Waals surface area contributed by atoms with Gasteiger partial charge in [-0.25, -0.2) is 0 Å². The van der Waals surface area contributed by atoms with E-state index in [-0.39, 0.29) is 0 Å². The molecule has 0 heterocycles. The Morgan fingerprint density at radius 2 is 1.63 bits per heavy atom. The molecule has 19 heavy (non-hydrogen) atoms. The summed E-state index contributed by atoms with van der Waals surface area (Å²) in [6, 6.07) is 17.6. The molecular formula is C16H17NO2. The molecule has 0 aliphatic rings. The lowest BCUT2D eigenvalue weighted by molar-refractivity contribution is -0.139. The van der Waals surface area contributed by atoms with Crippen LogP contribution in [0, 0.1) is 0 Å². The predicted octanol–water partition coefficient (Wildman–Crippen LogP) is 2.57. The molecular weight excluding hydrogens is 238 g/mol. The summed E-state index contributed by atoms with van der Waals surface area (Å²) in [6.07, 6.45) is 0.487. The number of nitrogens with one attached hydrogen (secondary N) is 1. The van der Waals surface area contributed by atoms with Gasteiger partial charge in [-0.3, -0.25) is 4.79 Å². The number of benzene rings is 2. The Morgan fingerprint density at radius 1 is 1.05 bits per heavy atom. The standard InChI is InChI=1S/C16H17NO2/c1-17-15(16(18)19)11-12-7-9-14(10-8-12)13-5-3-2-4-6-13/h2-10,15,17H,11H2,1H3,(H,18,19). The first kappa shape index (κ1) is 13.3. The summed E-state index contributed by atoms with van der Waals surface area (Å²) in [7, 11) is 1.66. The maximum atomic E-state index is 11.0. The van der Waals surface area contributed by atoms with Crippen molar-refractivity contribution in [1.29, 1.82) is 0 Å². The van der Waals surface area contributed by atoms with Crippen molar-refractivity contribution in [2.75, 3.05) is 7.05 Å². The van der Waals surface area contributed by atoms with Gasteiger partial charge in [0, 0.05) is 0 Å². The molecule has 2 rings (SSSR count). The Morgan fingerprint density at radius 3 is 2.16 bits per heavy atom. The maximum absolute atomic E-state index is 11.0. The normalized spacial score (nSPS) is 12.1. The van der Waals surface area contributed by atoms with Gasteiger partial charge >= 0.3 is 5.97 Å². The Bertz CT molecular complexity index is 534. The van der Waals surface area contributed by atoms with Crippen LogP contribution in [0.15, 0.2) is 54.6 Å². The van der Waals surface area contributed by atoms with Gasteiger partial charge in [0.15, 0.2) is 0 Å². The van der Waals surface area contributed by atoms with E-state index in [1.807, 2.05) is 42.5 Å². The van der Waals surface area contributed by atoms with Gasteiger partial charge in [-0.1, -0.05) is 54.6 Å². The Labute approximate surface area is 112 Å². The minimum atomic E-state index is -0.824. The van der Waals surface area contributed by atoms with Crippen LogP contribution in [-0.4, -0.2) is 24.2 Å². The second-order valence-corrected chi connectivity index (χ2v) is 4.45. The molecule has 0 spiro atoms. The number of carboxylic acid groups (broad SMARTS) is 1. The van der Waals surface area contributed by atoms with E-state index in [1.54, 1.807) is 7.05 Å². The fourth-order valence-corrected chi connectivity index (χ4v) is 2.01. The van der Waals surface area contributed by atoms with Crippen molar-refractivity contribution in [2.24, 2.45) is 0 Å². The van der Waals surface area contributed by atoms with Crippen LogP contribution in [0.25, 0.3) is 11.1 Å². The van der Waals surface area contributed by atoms with Gasteiger partial charge < -0.3 is 10.4 Å². The number of carboxylic acids is 1. The molecule has 1 unspecified atom stereocenters. The molecule has 0 bridgehead atoms. The second-order valence-electron chi connectivity index (χ2n) is 4.45. The topological polar surface area (TPSA) is 49.3 Å². The molecule has 0 amide bonds. The average molecular weight is 255 g/mol. The van der Waals surface area contributed by atoms with Gasteiger partial charge in [0.25, 0.3) is 0 Å². The van der Waals surface area contributed by atoms with Gasteiger partial charge in [-0.15, -0.1) is 0 Å². The van der Waals surface area contributed by atoms with Gasteiger partial charge in [0.05, 0.1) is 0 Å². The zero-order valence-corrected chi connectivity index (χ0v) is 10.8. The Balaban J connectivity index is 2.13. The van der Waals surface area contributed by atoms with E-state index in [1.165, 1.54) is 0 Å². The first-order valence-electron chi connectivity index (χ1n) is 6.25.